The van der Waals surface area contributed by atoms with Gasteiger partial charge in [0, 0.05) is 0 Å². The SMILES string of the molecule is Fc1cnc(OCc2ccc(C(F)(F)F)cc2)nc1CC1CC1. The summed E-state index contributed by atoms with van der Waals surface area (Å²) < 4.78 is 56.4. The molecule has 23 heavy (non-hydrogen) atoms. The summed E-state index contributed by atoms with van der Waals surface area (Å²) in [5.74, 6) is 0.0148. The molecule has 0 saturated heterocycles. The second-order valence-corrected chi connectivity index (χ2v) is 5.58. The Hall–Kier alpha value is -2.18. The summed E-state index contributed by atoms with van der Waals surface area (Å²) in [7, 11) is 0. The van der Waals surface area contributed by atoms with Crippen LogP contribution in [0.15, 0.2) is 30.5 Å². The lowest BCUT2D eigenvalue weighted by molar-refractivity contribution is -0.137. The minimum absolute atomic E-state index is 0.0205. The van der Waals surface area contributed by atoms with Crippen LogP contribution in [0.5, 0.6) is 6.01 Å². The number of alkyl halides is 3. The Bertz CT molecular complexity index is 681. The van der Waals surface area contributed by atoms with Crippen LogP contribution in [-0.2, 0) is 19.2 Å². The molecule has 3 nitrogen and oxygen atoms in total. The first-order chi connectivity index (χ1) is 10.9. The van der Waals surface area contributed by atoms with Crippen molar-refractivity contribution in [1.29, 1.82) is 0 Å². The second kappa shape index (κ2) is 6.14. The van der Waals surface area contributed by atoms with Crippen molar-refractivity contribution in [1.82, 2.24) is 9.97 Å². The Balaban J connectivity index is 1.63. The lowest BCUT2D eigenvalue weighted by Crippen LogP contribution is -2.06. The smallest absolute Gasteiger partial charge is 0.416 e. The highest BCUT2D eigenvalue weighted by molar-refractivity contribution is 5.24. The summed E-state index contributed by atoms with van der Waals surface area (Å²) in [6, 6.07) is 4.67. The molecule has 0 aliphatic heterocycles. The van der Waals surface area contributed by atoms with Crippen molar-refractivity contribution < 1.29 is 22.3 Å². The first kappa shape index (κ1) is 15.7. The lowest BCUT2D eigenvalue weighted by atomic mass is 10.1. The Morgan fingerprint density at radius 1 is 1.13 bits per heavy atom. The molecule has 0 bridgehead atoms. The van der Waals surface area contributed by atoms with E-state index >= 15 is 0 Å². The Morgan fingerprint density at radius 2 is 1.83 bits per heavy atom. The van der Waals surface area contributed by atoms with Gasteiger partial charge in [-0.1, -0.05) is 12.1 Å². The van der Waals surface area contributed by atoms with E-state index in [1.165, 1.54) is 12.1 Å². The highest BCUT2D eigenvalue weighted by Crippen LogP contribution is 2.33. The first-order valence-electron chi connectivity index (χ1n) is 7.22. The molecule has 1 aliphatic rings. The monoisotopic (exact) mass is 326 g/mol. The third-order valence-electron chi connectivity index (χ3n) is 3.62. The fourth-order valence-corrected chi connectivity index (χ4v) is 2.13. The summed E-state index contributed by atoms with van der Waals surface area (Å²) in [5, 5.41) is 0. The summed E-state index contributed by atoms with van der Waals surface area (Å²) in [6.07, 6.45) is -0.592. The lowest BCUT2D eigenvalue weighted by Gasteiger charge is -2.09. The van der Waals surface area contributed by atoms with Gasteiger partial charge in [0.1, 0.15) is 6.61 Å². The number of benzene rings is 1. The first-order valence-corrected chi connectivity index (χ1v) is 7.22. The van der Waals surface area contributed by atoms with Crippen molar-refractivity contribution in [2.24, 2.45) is 5.92 Å². The van der Waals surface area contributed by atoms with Gasteiger partial charge in [-0.2, -0.15) is 18.2 Å². The summed E-state index contributed by atoms with van der Waals surface area (Å²) >= 11 is 0. The summed E-state index contributed by atoms with van der Waals surface area (Å²) in [6.45, 7) is 0.0205. The van der Waals surface area contributed by atoms with Gasteiger partial charge in [-0.05, 0) is 42.9 Å². The number of nitrogens with zero attached hydrogens (tertiary/aromatic N) is 2. The number of ether oxygens (including phenoxy) is 1. The maximum atomic E-state index is 13.6. The Morgan fingerprint density at radius 3 is 2.43 bits per heavy atom. The molecule has 0 amide bonds. The predicted octanol–water partition coefficient (Wildman–Crippen LogP) is 4.17. The normalized spacial score (nSPS) is 14.8. The fourth-order valence-electron chi connectivity index (χ4n) is 2.13. The average molecular weight is 326 g/mol. The van der Waals surface area contributed by atoms with Crippen LogP contribution < -0.4 is 4.74 Å². The quantitative estimate of drug-likeness (QED) is 0.774. The van der Waals surface area contributed by atoms with Crippen molar-refractivity contribution in [2.75, 3.05) is 0 Å². The molecule has 1 saturated carbocycles. The average Bonchev–Trinajstić information content (AvgIpc) is 3.32. The van der Waals surface area contributed by atoms with Gasteiger partial charge in [-0.25, -0.2) is 9.37 Å². The molecule has 7 heteroatoms. The van der Waals surface area contributed by atoms with E-state index in [0.717, 1.165) is 31.2 Å². The zero-order chi connectivity index (χ0) is 16.4. The second-order valence-electron chi connectivity index (χ2n) is 5.58. The van der Waals surface area contributed by atoms with E-state index in [2.05, 4.69) is 9.97 Å². The van der Waals surface area contributed by atoms with Crippen LogP contribution in [0.4, 0.5) is 17.6 Å². The van der Waals surface area contributed by atoms with E-state index in [4.69, 9.17) is 4.74 Å². The van der Waals surface area contributed by atoms with E-state index in [9.17, 15) is 17.6 Å². The topological polar surface area (TPSA) is 35.0 Å². The van der Waals surface area contributed by atoms with Crippen LogP contribution in [0.1, 0.15) is 29.7 Å². The van der Waals surface area contributed by atoms with E-state index in [-0.39, 0.29) is 12.6 Å². The predicted molar refractivity (Wildman–Crippen MR) is 74.2 cm³/mol. The molecule has 1 heterocycles. The maximum absolute atomic E-state index is 13.6. The number of hydrogen-bond acceptors (Lipinski definition) is 3. The van der Waals surface area contributed by atoms with Crippen LogP contribution in [0.3, 0.4) is 0 Å². The minimum Gasteiger partial charge on any atom is -0.459 e. The van der Waals surface area contributed by atoms with Gasteiger partial charge >= 0.3 is 12.2 Å². The van der Waals surface area contributed by atoms with Crippen molar-refractivity contribution in [3.63, 3.8) is 0 Å². The van der Waals surface area contributed by atoms with Crippen molar-refractivity contribution in [3.05, 3.63) is 53.1 Å². The van der Waals surface area contributed by atoms with Gasteiger partial charge in [0.2, 0.25) is 0 Å². The number of hydrogen-bond donors (Lipinski definition) is 0. The molecule has 3 rings (SSSR count). The third-order valence-corrected chi connectivity index (χ3v) is 3.62. The summed E-state index contributed by atoms with van der Waals surface area (Å²) in [4.78, 5) is 7.79. The van der Waals surface area contributed by atoms with E-state index in [1.54, 1.807) is 0 Å². The van der Waals surface area contributed by atoms with Crippen LogP contribution >= 0.6 is 0 Å². The largest absolute Gasteiger partial charge is 0.459 e. The van der Waals surface area contributed by atoms with Crippen LogP contribution in [0, 0.1) is 11.7 Å². The number of rotatable bonds is 5. The molecule has 1 fully saturated rings. The molecule has 0 unspecified atom stereocenters. The molecule has 0 spiro atoms. The van der Waals surface area contributed by atoms with Crippen molar-refractivity contribution >= 4 is 0 Å². The van der Waals surface area contributed by atoms with E-state index in [1.807, 2.05) is 0 Å². The fraction of sp³-hybridized carbons (Fsp3) is 0.375. The molecule has 1 aliphatic carbocycles. The van der Waals surface area contributed by atoms with Gasteiger partial charge in [0.25, 0.3) is 0 Å². The zero-order valence-electron chi connectivity index (χ0n) is 12.1. The molecular formula is C16H14F4N2O. The number of halogens is 4. The van der Waals surface area contributed by atoms with Crippen molar-refractivity contribution in [3.8, 4) is 6.01 Å². The molecular weight excluding hydrogens is 312 g/mol. The maximum Gasteiger partial charge on any atom is 0.416 e. The molecule has 122 valence electrons. The van der Waals surface area contributed by atoms with Gasteiger partial charge < -0.3 is 4.74 Å². The zero-order valence-corrected chi connectivity index (χ0v) is 12.1. The van der Waals surface area contributed by atoms with Gasteiger partial charge in [-0.3, -0.25) is 0 Å². The summed E-state index contributed by atoms with van der Waals surface area (Å²) in [5.41, 5.74) is 0.158. The molecule has 1 aromatic carbocycles. The highest BCUT2D eigenvalue weighted by atomic mass is 19.4. The molecule has 2 aromatic rings. The Kier molecular flexibility index (Phi) is 4.19. The highest BCUT2D eigenvalue weighted by Gasteiger charge is 2.30. The molecule has 0 radical (unpaired) electrons. The van der Waals surface area contributed by atoms with Crippen LogP contribution in [0.25, 0.3) is 0 Å². The molecule has 1 aromatic heterocycles. The molecule has 0 N–H and O–H groups in total. The van der Waals surface area contributed by atoms with E-state index < -0.39 is 17.6 Å². The van der Waals surface area contributed by atoms with Crippen LogP contribution in [0.2, 0.25) is 0 Å². The van der Waals surface area contributed by atoms with Gasteiger partial charge in [-0.15, -0.1) is 0 Å². The third kappa shape index (κ3) is 4.18. The Labute approximate surface area is 130 Å². The van der Waals surface area contributed by atoms with Crippen LogP contribution in [-0.4, -0.2) is 9.97 Å². The minimum atomic E-state index is -4.36. The van der Waals surface area contributed by atoms with Crippen molar-refractivity contribution in [2.45, 2.75) is 32.0 Å². The standard InChI is InChI=1S/C16H14F4N2O/c17-13-8-21-15(22-14(13)7-10-1-2-10)23-9-11-3-5-12(6-4-11)16(18,19)20/h3-6,8,10H,1-2,7,9H2. The van der Waals surface area contributed by atoms with E-state index in [0.29, 0.717) is 23.6 Å². The molecule has 0 atom stereocenters. The van der Waals surface area contributed by atoms with Gasteiger partial charge in [0.15, 0.2) is 5.82 Å². The number of aromatic nitrogens is 2. The van der Waals surface area contributed by atoms with Gasteiger partial charge in [0.05, 0.1) is 17.5 Å².